The van der Waals surface area contributed by atoms with Crippen LogP contribution in [-0.2, 0) is 0 Å². The Bertz CT molecular complexity index is 1210. The fourth-order valence-corrected chi connectivity index (χ4v) is 3.62. The number of nitrogens with zero attached hydrogens (tertiary/aromatic N) is 3. The summed E-state index contributed by atoms with van der Waals surface area (Å²) in [5, 5.41) is 23.9. The average molecular weight is 407 g/mol. The minimum Gasteiger partial charge on any atom is -0.507 e. The van der Waals surface area contributed by atoms with Crippen LogP contribution in [0.3, 0.4) is 0 Å². The highest BCUT2D eigenvalue weighted by Crippen LogP contribution is 2.31. The highest BCUT2D eigenvalue weighted by molar-refractivity contribution is 5.86. The molecule has 0 fully saturated rings. The van der Waals surface area contributed by atoms with E-state index in [0.717, 1.165) is 27.8 Å². The van der Waals surface area contributed by atoms with Crippen molar-refractivity contribution < 1.29 is 9.63 Å². The number of benzene rings is 3. The summed E-state index contributed by atoms with van der Waals surface area (Å²) in [5.74, 6) is 0.701. The van der Waals surface area contributed by atoms with Gasteiger partial charge in [0.1, 0.15) is 17.4 Å². The molecule has 0 aliphatic rings. The molecule has 3 aromatic carbocycles. The molecule has 5 heteroatoms. The lowest BCUT2D eigenvalue weighted by molar-refractivity contribution is 0.401. The van der Waals surface area contributed by atoms with Crippen molar-refractivity contribution in [2.45, 2.75) is 19.8 Å². The summed E-state index contributed by atoms with van der Waals surface area (Å²) >= 11 is 0. The number of hydrogen-bond acceptors (Lipinski definition) is 5. The lowest BCUT2D eigenvalue weighted by Gasteiger charge is -2.14. The van der Waals surface area contributed by atoms with Gasteiger partial charge in [-0.25, -0.2) is 0 Å². The van der Waals surface area contributed by atoms with Crippen LogP contribution >= 0.6 is 0 Å². The van der Waals surface area contributed by atoms with Gasteiger partial charge in [-0.15, -0.1) is 0 Å². The molecule has 1 heterocycles. The van der Waals surface area contributed by atoms with Crippen LogP contribution in [0.1, 0.15) is 45.5 Å². The summed E-state index contributed by atoms with van der Waals surface area (Å²) in [6, 6.07) is 25.7. The molecule has 0 amide bonds. The van der Waals surface area contributed by atoms with Gasteiger partial charge in [0, 0.05) is 0 Å². The molecule has 1 aromatic heterocycles. The molecule has 152 valence electrons. The third-order valence-electron chi connectivity index (χ3n) is 5.14. The zero-order chi connectivity index (χ0) is 21.8. The van der Waals surface area contributed by atoms with Crippen molar-refractivity contribution in [3.63, 3.8) is 0 Å². The maximum atomic E-state index is 9.99. The Morgan fingerprint density at radius 3 is 2.03 bits per heavy atom. The first-order valence-corrected chi connectivity index (χ1v) is 9.92. The Labute approximate surface area is 180 Å². The van der Waals surface area contributed by atoms with Crippen LogP contribution in [0.25, 0.3) is 11.6 Å². The summed E-state index contributed by atoms with van der Waals surface area (Å²) in [7, 11) is 0. The monoisotopic (exact) mass is 407 g/mol. The van der Waals surface area contributed by atoms with Crippen molar-refractivity contribution in [1.29, 1.82) is 5.26 Å². The van der Waals surface area contributed by atoms with E-state index in [1.165, 1.54) is 0 Å². The topological polar surface area (TPSA) is 82.9 Å². The highest BCUT2D eigenvalue weighted by Gasteiger charge is 2.23. The molecular formula is C26H21N3O2. The van der Waals surface area contributed by atoms with Gasteiger partial charge in [0.15, 0.2) is 5.82 Å². The van der Waals surface area contributed by atoms with Gasteiger partial charge in [-0.2, -0.15) is 10.2 Å². The van der Waals surface area contributed by atoms with E-state index in [-0.39, 0.29) is 23.1 Å². The standard InChI is InChI=1S/C26H21N3O2/c1-17-13-19(14-18(2)24(17)30)15-22(16-27)26-28-25(29-31-26)23(20-9-5-3-6-10-20)21-11-7-4-8-12-21/h3-15,23,30H,1-2H3/b22-15+. The van der Waals surface area contributed by atoms with Crippen molar-refractivity contribution in [3.8, 4) is 11.8 Å². The number of allylic oxidation sites excluding steroid dienone is 1. The molecule has 0 spiro atoms. The molecule has 0 bridgehead atoms. The van der Waals surface area contributed by atoms with Gasteiger partial charge >= 0.3 is 0 Å². The van der Waals surface area contributed by atoms with Crippen molar-refractivity contribution in [1.82, 2.24) is 10.1 Å². The molecule has 31 heavy (non-hydrogen) atoms. The second-order valence-corrected chi connectivity index (χ2v) is 7.39. The molecular weight excluding hydrogens is 386 g/mol. The van der Waals surface area contributed by atoms with Crippen LogP contribution in [0.5, 0.6) is 5.75 Å². The second-order valence-electron chi connectivity index (χ2n) is 7.39. The SMILES string of the molecule is Cc1cc(/C=C(\C#N)c2nc(C(c3ccccc3)c3ccccc3)no2)cc(C)c1O. The Morgan fingerprint density at radius 2 is 1.52 bits per heavy atom. The lowest BCUT2D eigenvalue weighted by atomic mass is 9.91. The maximum Gasteiger partial charge on any atom is 0.268 e. The Hall–Kier alpha value is -4.17. The molecule has 0 aliphatic heterocycles. The average Bonchev–Trinajstić information content (AvgIpc) is 3.27. The van der Waals surface area contributed by atoms with Gasteiger partial charge in [-0.05, 0) is 59.9 Å². The second kappa shape index (κ2) is 8.68. The number of hydrogen-bond donors (Lipinski definition) is 1. The number of aromatic nitrogens is 2. The first kappa shape index (κ1) is 20.1. The number of rotatable bonds is 5. The number of phenolic OH excluding ortho intramolecular Hbond substituents is 1. The Morgan fingerprint density at radius 1 is 0.968 bits per heavy atom. The minimum atomic E-state index is -0.210. The number of nitriles is 1. The first-order valence-electron chi connectivity index (χ1n) is 9.92. The van der Waals surface area contributed by atoms with Crippen LogP contribution in [-0.4, -0.2) is 15.2 Å². The normalized spacial score (nSPS) is 11.5. The summed E-state index contributed by atoms with van der Waals surface area (Å²) in [5.41, 5.74) is 4.60. The van der Waals surface area contributed by atoms with E-state index in [1.54, 1.807) is 6.08 Å². The van der Waals surface area contributed by atoms with E-state index in [1.807, 2.05) is 86.6 Å². The van der Waals surface area contributed by atoms with E-state index in [4.69, 9.17) is 4.52 Å². The fourth-order valence-electron chi connectivity index (χ4n) is 3.62. The Balaban J connectivity index is 1.75. The highest BCUT2D eigenvalue weighted by atomic mass is 16.5. The van der Waals surface area contributed by atoms with Gasteiger partial charge in [0.05, 0.1) is 5.92 Å². The summed E-state index contributed by atoms with van der Waals surface area (Å²) in [6.07, 6.45) is 1.69. The van der Waals surface area contributed by atoms with Crippen LogP contribution < -0.4 is 0 Å². The van der Waals surface area contributed by atoms with Crippen LogP contribution in [0.15, 0.2) is 77.3 Å². The van der Waals surface area contributed by atoms with Crippen LogP contribution in [0.4, 0.5) is 0 Å². The van der Waals surface area contributed by atoms with E-state index in [9.17, 15) is 10.4 Å². The van der Waals surface area contributed by atoms with E-state index < -0.39 is 0 Å². The van der Waals surface area contributed by atoms with Gasteiger partial charge in [-0.1, -0.05) is 65.8 Å². The molecule has 0 saturated carbocycles. The first-order chi connectivity index (χ1) is 15.1. The predicted molar refractivity (Wildman–Crippen MR) is 119 cm³/mol. The number of aromatic hydroxyl groups is 1. The molecule has 0 radical (unpaired) electrons. The molecule has 0 unspecified atom stereocenters. The third kappa shape index (κ3) is 4.24. The summed E-state index contributed by atoms with van der Waals surface area (Å²) < 4.78 is 5.50. The fraction of sp³-hybridized carbons (Fsp3) is 0.115. The van der Waals surface area contributed by atoms with Gasteiger partial charge in [0.25, 0.3) is 5.89 Å². The zero-order valence-corrected chi connectivity index (χ0v) is 17.3. The molecule has 5 nitrogen and oxygen atoms in total. The quantitative estimate of drug-likeness (QED) is 0.433. The van der Waals surface area contributed by atoms with Crippen LogP contribution in [0.2, 0.25) is 0 Å². The predicted octanol–water partition coefficient (Wildman–Crippen LogP) is 5.64. The van der Waals surface area contributed by atoms with E-state index in [0.29, 0.717) is 5.82 Å². The maximum absolute atomic E-state index is 9.99. The molecule has 1 N–H and O–H groups in total. The number of phenols is 1. The largest absolute Gasteiger partial charge is 0.507 e. The van der Waals surface area contributed by atoms with E-state index >= 15 is 0 Å². The molecule has 0 saturated heterocycles. The van der Waals surface area contributed by atoms with E-state index in [2.05, 4.69) is 16.2 Å². The lowest BCUT2D eigenvalue weighted by Crippen LogP contribution is -2.05. The Kier molecular flexibility index (Phi) is 5.63. The van der Waals surface area contributed by atoms with Gasteiger partial charge < -0.3 is 9.63 Å². The van der Waals surface area contributed by atoms with Gasteiger partial charge in [0.2, 0.25) is 0 Å². The third-order valence-corrected chi connectivity index (χ3v) is 5.14. The molecule has 0 aliphatic carbocycles. The summed E-state index contributed by atoms with van der Waals surface area (Å²) in [4.78, 5) is 4.58. The number of aryl methyl sites for hydroxylation is 2. The minimum absolute atomic E-state index is 0.165. The van der Waals surface area contributed by atoms with Crippen molar-refractivity contribution in [2.75, 3.05) is 0 Å². The molecule has 4 aromatic rings. The van der Waals surface area contributed by atoms with Crippen LogP contribution in [0, 0.1) is 25.2 Å². The van der Waals surface area contributed by atoms with Crippen molar-refractivity contribution >= 4 is 11.6 Å². The van der Waals surface area contributed by atoms with Crippen molar-refractivity contribution in [3.05, 3.63) is 112 Å². The van der Waals surface area contributed by atoms with Crippen molar-refractivity contribution in [2.24, 2.45) is 0 Å². The van der Waals surface area contributed by atoms with Gasteiger partial charge in [-0.3, -0.25) is 0 Å². The molecule has 4 rings (SSSR count). The smallest absolute Gasteiger partial charge is 0.268 e. The molecule has 0 atom stereocenters. The zero-order valence-electron chi connectivity index (χ0n) is 17.3. The summed E-state index contributed by atoms with van der Waals surface area (Å²) in [6.45, 7) is 3.64.